The zero-order chi connectivity index (χ0) is 64.6. The van der Waals surface area contributed by atoms with Crippen molar-refractivity contribution in [2.75, 3.05) is 39.6 Å². The van der Waals surface area contributed by atoms with Crippen molar-refractivity contribution in [2.45, 2.75) is 271 Å². The minimum Gasteiger partial charge on any atom is -0.462 e. The molecule has 29 heteroatoms. The summed E-state index contributed by atoms with van der Waals surface area (Å²) in [5.41, 5.74) is -4.38. The maximum absolute atomic E-state index is 12.9. The monoisotopic (exact) mass is 1280 g/mol. The number of fused-ring (bicyclic) bond motifs is 4. The highest BCUT2D eigenvalue weighted by molar-refractivity contribution is 5.67. The van der Waals surface area contributed by atoms with E-state index in [1.54, 1.807) is 0 Å². The quantitative estimate of drug-likeness (QED) is 0.0417. The minimum atomic E-state index is -2.10. The smallest absolute Gasteiger partial charge is 0.302 e. The summed E-state index contributed by atoms with van der Waals surface area (Å²) in [7, 11) is 0. The van der Waals surface area contributed by atoms with Crippen LogP contribution in [0.5, 0.6) is 0 Å². The molecule has 5 saturated carbocycles. The third-order valence-electron chi connectivity index (χ3n) is 24.4. The molecule has 0 aromatic rings. The fourth-order valence-corrected chi connectivity index (χ4v) is 19.3. The van der Waals surface area contributed by atoms with E-state index in [9.17, 15) is 86.2 Å². The third-order valence-corrected chi connectivity index (χ3v) is 24.4. The molecule has 29 nitrogen and oxygen atoms in total. The molecule has 6 heterocycles. The molecule has 35 atom stereocenters. The van der Waals surface area contributed by atoms with Crippen molar-refractivity contribution in [3.05, 3.63) is 0 Å². The molecule has 15 N–H and O–H groups in total. The van der Waals surface area contributed by atoms with Gasteiger partial charge in [0.05, 0.1) is 62.9 Å². The highest BCUT2D eigenvalue weighted by Gasteiger charge is 2.82. The van der Waals surface area contributed by atoms with Crippen LogP contribution >= 0.6 is 0 Å². The second-order valence-corrected chi connectivity index (χ2v) is 29.3. The van der Waals surface area contributed by atoms with Crippen LogP contribution in [0.25, 0.3) is 0 Å². The Hall–Kier alpha value is -1.90. The van der Waals surface area contributed by atoms with Gasteiger partial charge in [0.25, 0.3) is 0 Å². The van der Waals surface area contributed by atoms with Crippen LogP contribution in [0.3, 0.4) is 0 Å². The first-order valence-corrected chi connectivity index (χ1v) is 31.6. The summed E-state index contributed by atoms with van der Waals surface area (Å²) in [6.07, 6.45) is -36.9. The fourth-order valence-electron chi connectivity index (χ4n) is 19.3. The molecule has 89 heavy (non-hydrogen) atoms. The largest absolute Gasteiger partial charge is 0.462 e. The predicted octanol–water partition coefficient (Wildman–Crippen LogP) is -4.53. The van der Waals surface area contributed by atoms with E-state index in [2.05, 4.69) is 34.6 Å². The zero-order valence-electron chi connectivity index (χ0n) is 51.4. The van der Waals surface area contributed by atoms with Crippen molar-refractivity contribution in [1.29, 1.82) is 0 Å². The molecule has 0 aromatic carbocycles. The van der Waals surface area contributed by atoms with Crippen molar-refractivity contribution in [1.82, 2.24) is 0 Å². The van der Waals surface area contributed by atoms with E-state index in [4.69, 9.17) is 56.8 Å². The average Bonchev–Trinajstić information content (AvgIpc) is 1.61. The van der Waals surface area contributed by atoms with E-state index in [0.29, 0.717) is 32.1 Å². The van der Waals surface area contributed by atoms with Gasteiger partial charge in [-0.25, -0.2) is 0 Å². The molecule has 510 valence electrons. The molecule has 1 spiro atoms. The molecule has 11 aliphatic rings. The Bertz CT molecular complexity index is 2500. The summed E-state index contributed by atoms with van der Waals surface area (Å²) < 4.78 is 74.0. The molecule has 6 aliphatic heterocycles. The number of rotatable bonds is 15. The average molecular weight is 1280 g/mol. The van der Waals surface area contributed by atoms with Crippen LogP contribution in [0.1, 0.15) is 106 Å². The molecule has 11 fully saturated rings. The Balaban J connectivity index is 0.861. The number of hydrogen-bond acceptors (Lipinski definition) is 29. The third kappa shape index (κ3) is 10.8. The maximum Gasteiger partial charge on any atom is 0.302 e. The van der Waals surface area contributed by atoms with Crippen LogP contribution in [-0.4, -0.2) is 294 Å². The summed E-state index contributed by atoms with van der Waals surface area (Å²) in [4.78, 5) is 25.6. The highest BCUT2D eigenvalue weighted by atomic mass is 16.8. The van der Waals surface area contributed by atoms with E-state index in [1.807, 2.05) is 6.92 Å². The van der Waals surface area contributed by atoms with Gasteiger partial charge in [-0.3, -0.25) is 4.79 Å². The summed E-state index contributed by atoms with van der Waals surface area (Å²) >= 11 is 0. The predicted molar refractivity (Wildman–Crippen MR) is 294 cm³/mol. The second-order valence-electron chi connectivity index (χ2n) is 29.3. The fraction of sp³-hybridized carbons (Fsp3) is 0.967. The van der Waals surface area contributed by atoms with Gasteiger partial charge in [0.2, 0.25) is 0 Å². The van der Waals surface area contributed by atoms with Crippen LogP contribution < -0.4 is 0 Å². The molecule has 35 unspecified atom stereocenters. The minimum absolute atomic E-state index is 0.00539. The van der Waals surface area contributed by atoms with Gasteiger partial charge in [-0.05, 0) is 85.9 Å². The van der Waals surface area contributed by atoms with Crippen LogP contribution in [-0.2, 0) is 66.4 Å². The Morgan fingerprint density at radius 1 is 0.517 bits per heavy atom. The molecule has 11 rings (SSSR count). The first kappa shape index (κ1) is 68.5. The van der Waals surface area contributed by atoms with E-state index in [-0.39, 0.29) is 36.2 Å². The Labute approximate surface area is 515 Å². The molecule has 0 amide bonds. The van der Waals surface area contributed by atoms with Crippen molar-refractivity contribution in [3.63, 3.8) is 0 Å². The number of carbonyl (C=O) groups excluding carboxylic acids is 2. The first-order valence-electron chi connectivity index (χ1n) is 31.6. The summed E-state index contributed by atoms with van der Waals surface area (Å²) in [5, 5.41) is 165. The molecule has 2 bridgehead atoms. The van der Waals surface area contributed by atoms with Gasteiger partial charge in [0, 0.05) is 23.7 Å². The second kappa shape index (κ2) is 24.9. The lowest BCUT2D eigenvalue weighted by atomic mass is 9.30. The lowest BCUT2D eigenvalue weighted by molar-refractivity contribution is -0.398. The van der Waals surface area contributed by atoms with Crippen LogP contribution in [0.15, 0.2) is 0 Å². The van der Waals surface area contributed by atoms with Gasteiger partial charge in [-0.2, -0.15) is 0 Å². The summed E-state index contributed by atoms with van der Waals surface area (Å²) in [5.74, 6) is -0.647. The number of esters is 1. The number of aldehydes is 1. The van der Waals surface area contributed by atoms with E-state index in [1.165, 1.54) is 6.92 Å². The maximum atomic E-state index is 12.9. The normalized spacial score (nSPS) is 56.3. The molecule has 0 radical (unpaired) electrons. The van der Waals surface area contributed by atoms with Gasteiger partial charge in [-0.1, -0.05) is 41.5 Å². The first-order chi connectivity index (χ1) is 41.8. The standard InChI is InChI=1S/C60H96O29/c1-24(65)81-35-16-55(4,22-64)14-32-59(35)23-80-60(32)13-9-31-56(5)11-10-34(54(2,3)30(56)8-12-57(31,6)58(60,7)15-33(59)67)86-52-47(89-51-45(77)42(74)46(28(19-63)84-51)87-50-44(76)40(72)37(69)26(17-61)82-50)39(71)29(21-79-52)85-53-48(41(73)38(70)27(18-62)83-53)88-49-43(75)36(68)25(66)20-78-49/h22,25-53,61-63,66-77H,8-21,23H2,1-7H3. The summed E-state index contributed by atoms with van der Waals surface area (Å²) in [6.45, 7) is 11.0. The Kier molecular flexibility index (Phi) is 19.2. The van der Waals surface area contributed by atoms with Gasteiger partial charge >= 0.3 is 5.97 Å². The molecular weight excluding hydrogens is 1180 g/mol. The number of hydrogen-bond donors (Lipinski definition) is 15. The lowest BCUT2D eigenvalue weighted by Gasteiger charge is -2.75. The number of carbonyl (C=O) groups is 2. The number of ether oxygens (including phenoxy) is 12. The molecule has 5 aliphatic carbocycles. The van der Waals surface area contributed by atoms with Crippen molar-refractivity contribution in [3.8, 4) is 0 Å². The SMILES string of the molecule is CC(=O)OC1CC(C)(C=O)CC2C13COC21CCC2C4(C)CCC(OC5OCC(OC6OC(CO)C(O)C(O)C6OC6OCC(O)C(O)C6O)C(O)C5OC5OC(CO)C(OC6OC(CO)C(O)C(O)C6O)C(O)C5O)C(C)(C)C4CCC2(C)C1(C)CC3O. The van der Waals surface area contributed by atoms with Crippen molar-refractivity contribution >= 4 is 12.3 Å². The zero-order valence-corrected chi connectivity index (χ0v) is 51.4. The van der Waals surface area contributed by atoms with Crippen molar-refractivity contribution in [2.24, 2.45) is 50.2 Å². The topological polar surface area (TPSA) is 448 Å². The number of aliphatic hydroxyl groups excluding tert-OH is 15. The van der Waals surface area contributed by atoms with Gasteiger partial charge in [-0.15, -0.1) is 0 Å². The van der Waals surface area contributed by atoms with E-state index < -0.39 is 231 Å². The van der Waals surface area contributed by atoms with Gasteiger partial charge in [0.1, 0.15) is 122 Å². The van der Waals surface area contributed by atoms with Gasteiger partial charge < -0.3 is 138 Å². The molecule has 0 aromatic heterocycles. The molecule has 6 saturated heterocycles. The Morgan fingerprint density at radius 2 is 1.08 bits per heavy atom. The van der Waals surface area contributed by atoms with Crippen LogP contribution in [0.4, 0.5) is 0 Å². The lowest BCUT2D eigenvalue weighted by Crippen LogP contribution is -2.75. The van der Waals surface area contributed by atoms with E-state index in [0.717, 1.165) is 25.5 Å². The van der Waals surface area contributed by atoms with Gasteiger partial charge in [0.15, 0.2) is 31.5 Å². The number of aliphatic hydroxyl groups is 15. The Morgan fingerprint density at radius 3 is 1.73 bits per heavy atom. The molecular formula is C60H96O29. The highest BCUT2D eigenvalue weighted by Crippen LogP contribution is 2.81. The van der Waals surface area contributed by atoms with E-state index >= 15 is 0 Å². The van der Waals surface area contributed by atoms with Crippen molar-refractivity contribution < 1.29 is 143 Å². The van der Waals surface area contributed by atoms with Crippen LogP contribution in [0.2, 0.25) is 0 Å². The summed E-state index contributed by atoms with van der Waals surface area (Å²) in [6, 6.07) is 0. The van der Waals surface area contributed by atoms with Crippen LogP contribution in [0, 0.1) is 50.2 Å².